The highest BCUT2D eigenvalue weighted by atomic mass is 32.1. The van der Waals surface area contributed by atoms with E-state index in [1.54, 1.807) is 0 Å². The van der Waals surface area contributed by atoms with Gasteiger partial charge in [0.2, 0.25) is 0 Å². The summed E-state index contributed by atoms with van der Waals surface area (Å²) in [5, 5.41) is 0. The number of rotatable bonds is 0. The van der Waals surface area contributed by atoms with E-state index in [2.05, 4.69) is 39.8 Å². The first-order valence-electron chi connectivity index (χ1n) is 3.73. The summed E-state index contributed by atoms with van der Waals surface area (Å²) in [5.41, 5.74) is 0. The molecule has 1 heterocycles. The van der Waals surface area contributed by atoms with E-state index in [1.807, 2.05) is 11.3 Å². The standard InChI is InChI=1S/C6H8S.C3H8/c1-5-3-4-6(2)7-5;1-3-2/h3-4H,1-2H3;3H2,1-2H3. The normalized spacial score (nSPS) is 8.40. The zero-order valence-corrected chi connectivity index (χ0v) is 8.09. The molecule has 1 aromatic rings. The molecule has 0 atom stereocenters. The second kappa shape index (κ2) is 5.48. The summed E-state index contributed by atoms with van der Waals surface area (Å²) < 4.78 is 0. The maximum atomic E-state index is 2.14. The predicted molar refractivity (Wildman–Crippen MR) is 49.8 cm³/mol. The molecular formula is C9H16S. The summed E-state index contributed by atoms with van der Waals surface area (Å²) >= 11 is 1.84. The maximum Gasteiger partial charge on any atom is 0.00170 e. The Morgan fingerprint density at radius 1 is 1.10 bits per heavy atom. The fraction of sp³-hybridized carbons (Fsp3) is 0.556. The van der Waals surface area contributed by atoms with Crippen LogP contribution < -0.4 is 0 Å². The van der Waals surface area contributed by atoms with E-state index >= 15 is 0 Å². The van der Waals surface area contributed by atoms with Crippen LogP contribution in [-0.2, 0) is 0 Å². The van der Waals surface area contributed by atoms with E-state index in [4.69, 9.17) is 0 Å². The van der Waals surface area contributed by atoms with Crippen LogP contribution in [0.3, 0.4) is 0 Å². The van der Waals surface area contributed by atoms with Crippen molar-refractivity contribution in [3.8, 4) is 0 Å². The molecule has 0 saturated heterocycles. The van der Waals surface area contributed by atoms with Crippen molar-refractivity contribution in [1.82, 2.24) is 0 Å². The van der Waals surface area contributed by atoms with Crippen LogP contribution >= 0.6 is 11.3 Å². The van der Waals surface area contributed by atoms with Gasteiger partial charge in [0.1, 0.15) is 0 Å². The lowest BCUT2D eigenvalue weighted by Gasteiger charge is -1.71. The Bertz CT molecular complexity index is 148. The minimum Gasteiger partial charge on any atom is -0.146 e. The van der Waals surface area contributed by atoms with Gasteiger partial charge in [-0.15, -0.1) is 11.3 Å². The molecule has 0 spiro atoms. The van der Waals surface area contributed by atoms with E-state index < -0.39 is 0 Å². The van der Waals surface area contributed by atoms with Crippen LogP contribution in [0.25, 0.3) is 0 Å². The zero-order valence-electron chi connectivity index (χ0n) is 7.27. The van der Waals surface area contributed by atoms with E-state index in [0.29, 0.717) is 0 Å². The van der Waals surface area contributed by atoms with Crippen molar-refractivity contribution in [2.24, 2.45) is 0 Å². The molecule has 1 aromatic heterocycles. The van der Waals surface area contributed by atoms with Gasteiger partial charge in [-0.25, -0.2) is 0 Å². The average Bonchev–Trinajstić information content (AvgIpc) is 2.17. The van der Waals surface area contributed by atoms with Gasteiger partial charge >= 0.3 is 0 Å². The molecule has 0 aromatic carbocycles. The maximum absolute atomic E-state index is 2.14. The Hall–Kier alpha value is -0.300. The Balaban J connectivity index is 0.000000236. The fourth-order valence-corrected chi connectivity index (χ4v) is 1.34. The molecule has 1 heteroatoms. The largest absolute Gasteiger partial charge is 0.146 e. The van der Waals surface area contributed by atoms with Crippen LogP contribution in [-0.4, -0.2) is 0 Å². The van der Waals surface area contributed by atoms with Crippen LogP contribution in [0.15, 0.2) is 12.1 Å². The van der Waals surface area contributed by atoms with Crippen molar-refractivity contribution in [2.75, 3.05) is 0 Å². The van der Waals surface area contributed by atoms with Gasteiger partial charge in [0, 0.05) is 9.75 Å². The van der Waals surface area contributed by atoms with E-state index in [9.17, 15) is 0 Å². The topological polar surface area (TPSA) is 0 Å². The van der Waals surface area contributed by atoms with Gasteiger partial charge in [0.15, 0.2) is 0 Å². The lowest BCUT2D eigenvalue weighted by Crippen LogP contribution is -1.44. The van der Waals surface area contributed by atoms with Crippen molar-refractivity contribution in [2.45, 2.75) is 34.1 Å². The molecule has 0 amide bonds. The van der Waals surface area contributed by atoms with Gasteiger partial charge in [-0.05, 0) is 26.0 Å². The second-order valence-corrected chi connectivity index (χ2v) is 3.86. The van der Waals surface area contributed by atoms with Crippen LogP contribution in [0.4, 0.5) is 0 Å². The Labute approximate surface area is 67.9 Å². The molecule has 0 fully saturated rings. The van der Waals surface area contributed by atoms with Crippen molar-refractivity contribution >= 4 is 11.3 Å². The van der Waals surface area contributed by atoms with Crippen molar-refractivity contribution in [3.05, 3.63) is 21.9 Å². The van der Waals surface area contributed by atoms with Gasteiger partial charge in [0.25, 0.3) is 0 Å². The Morgan fingerprint density at radius 3 is 1.50 bits per heavy atom. The third kappa shape index (κ3) is 4.57. The fourth-order valence-electron chi connectivity index (χ4n) is 0.557. The van der Waals surface area contributed by atoms with Gasteiger partial charge in [-0.2, -0.15) is 0 Å². The van der Waals surface area contributed by atoms with Crippen molar-refractivity contribution < 1.29 is 0 Å². The van der Waals surface area contributed by atoms with Crippen LogP contribution in [0, 0.1) is 13.8 Å². The summed E-state index contributed by atoms with van der Waals surface area (Å²) in [7, 11) is 0. The molecule has 0 N–H and O–H groups in total. The summed E-state index contributed by atoms with van der Waals surface area (Å²) in [4.78, 5) is 2.80. The monoisotopic (exact) mass is 156 g/mol. The first-order chi connectivity index (χ1) is 4.70. The number of aryl methyl sites for hydroxylation is 2. The summed E-state index contributed by atoms with van der Waals surface area (Å²) in [6.45, 7) is 8.50. The van der Waals surface area contributed by atoms with Crippen LogP contribution in [0.1, 0.15) is 30.0 Å². The second-order valence-electron chi connectivity index (χ2n) is 2.36. The lowest BCUT2D eigenvalue weighted by molar-refractivity contribution is 1.09. The molecule has 0 radical (unpaired) electrons. The molecule has 58 valence electrons. The summed E-state index contributed by atoms with van der Waals surface area (Å²) in [6, 6.07) is 4.28. The van der Waals surface area contributed by atoms with Gasteiger partial charge in [0.05, 0.1) is 0 Å². The molecule has 10 heavy (non-hydrogen) atoms. The molecule has 1 rings (SSSR count). The molecule has 0 bridgehead atoms. The minimum atomic E-state index is 1.25. The highest BCUT2D eigenvalue weighted by molar-refractivity contribution is 7.11. The minimum absolute atomic E-state index is 1.25. The number of hydrogen-bond donors (Lipinski definition) is 0. The summed E-state index contributed by atoms with van der Waals surface area (Å²) in [6.07, 6.45) is 1.25. The molecule has 0 unspecified atom stereocenters. The number of hydrogen-bond acceptors (Lipinski definition) is 1. The van der Waals surface area contributed by atoms with E-state index in [0.717, 1.165) is 0 Å². The van der Waals surface area contributed by atoms with Crippen molar-refractivity contribution in [1.29, 1.82) is 0 Å². The van der Waals surface area contributed by atoms with Gasteiger partial charge in [-0.1, -0.05) is 20.3 Å². The quantitative estimate of drug-likeness (QED) is 0.536. The predicted octanol–water partition coefficient (Wildman–Crippen LogP) is 3.78. The first kappa shape index (κ1) is 9.70. The molecule has 0 aliphatic carbocycles. The Kier molecular flexibility index (Phi) is 5.32. The number of thiophene rings is 1. The highest BCUT2D eigenvalue weighted by Gasteiger charge is 1.84. The van der Waals surface area contributed by atoms with Gasteiger partial charge < -0.3 is 0 Å². The third-order valence-electron chi connectivity index (χ3n) is 0.875. The molecular weight excluding hydrogens is 140 g/mol. The first-order valence-corrected chi connectivity index (χ1v) is 4.55. The third-order valence-corrected chi connectivity index (χ3v) is 1.79. The van der Waals surface area contributed by atoms with E-state index in [1.165, 1.54) is 16.2 Å². The molecule has 0 aliphatic heterocycles. The van der Waals surface area contributed by atoms with E-state index in [-0.39, 0.29) is 0 Å². The summed E-state index contributed by atoms with van der Waals surface area (Å²) in [5.74, 6) is 0. The molecule has 0 aliphatic rings. The van der Waals surface area contributed by atoms with Gasteiger partial charge in [-0.3, -0.25) is 0 Å². The zero-order chi connectivity index (χ0) is 7.98. The average molecular weight is 156 g/mol. The highest BCUT2D eigenvalue weighted by Crippen LogP contribution is 2.11. The van der Waals surface area contributed by atoms with Crippen molar-refractivity contribution in [3.63, 3.8) is 0 Å². The lowest BCUT2D eigenvalue weighted by atomic mass is 10.5. The SMILES string of the molecule is CCC.Cc1ccc(C)s1. The van der Waals surface area contributed by atoms with Crippen LogP contribution in [0.2, 0.25) is 0 Å². The molecule has 0 nitrogen and oxygen atoms in total. The smallest absolute Gasteiger partial charge is 0.00170 e. The van der Waals surface area contributed by atoms with Crippen LogP contribution in [0.5, 0.6) is 0 Å². The molecule has 0 saturated carbocycles. The Morgan fingerprint density at radius 2 is 1.40 bits per heavy atom.